The lowest BCUT2D eigenvalue weighted by Gasteiger charge is -2.36. The second-order valence-electron chi connectivity index (χ2n) is 7.11. The molecule has 1 aliphatic rings. The Kier molecular flexibility index (Phi) is 9.77. The van der Waals surface area contributed by atoms with Crippen LogP contribution in [0, 0.1) is 6.92 Å². The number of benzene rings is 1. The highest BCUT2D eigenvalue weighted by Crippen LogP contribution is 2.09. The Morgan fingerprint density at radius 2 is 1.93 bits per heavy atom. The summed E-state index contributed by atoms with van der Waals surface area (Å²) in [4.78, 5) is 9.78. The molecule has 7 heteroatoms. The number of nitrogens with zero attached hydrogens (tertiary/aromatic N) is 4. The van der Waals surface area contributed by atoms with Gasteiger partial charge in [-0.1, -0.05) is 30.3 Å². The van der Waals surface area contributed by atoms with Crippen molar-refractivity contribution in [2.24, 2.45) is 4.99 Å². The highest BCUT2D eigenvalue weighted by molar-refractivity contribution is 14.0. The van der Waals surface area contributed by atoms with Crippen molar-refractivity contribution in [2.45, 2.75) is 33.2 Å². The van der Waals surface area contributed by atoms with E-state index in [1.54, 1.807) is 0 Å². The maximum Gasteiger partial charge on any atom is 0.194 e. The molecule has 1 aliphatic heterocycles. The molecule has 3 rings (SSSR count). The topological polar surface area (TPSA) is 59.6 Å². The summed E-state index contributed by atoms with van der Waals surface area (Å²) >= 11 is 0. The van der Waals surface area contributed by atoms with Crippen LogP contribution in [0.3, 0.4) is 0 Å². The first-order valence-electron chi connectivity index (χ1n) is 10.0. The summed E-state index contributed by atoms with van der Waals surface area (Å²) < 4.78 is 0. The lowest BCUT2D eigenvalue weighted by Crippen LogP contribution is -2.52. The third-order valence-corrected chi connectivity index (χ3v) is 5.06. The quantitative estimate of drug-likeness (QED) is 0.268. The zero-order chi connectivity index (χ0) is 18.9. The van der Waals surface area contributed by atoms with Gasteiger partial charge in [0.1, 0.15) is 0 Å². The van der Waals surface area contributed by atoms with Crippen molar-refractivity contribution in [1.29, 1.82) is 0 Å². The average molecular weight is 496 g/mol. The molecule has 1 aromatic heterocycles. The van der Waals surface area contributed by atoms with Crippen molar-refractivity contribution in [1.82, 2.24) is 25.3 Å². The molecule has 154 valence electrons. The van der Waals surface area contributed by atoms with Gasteiger partial charge in [-0.2, -0.15) is 5.10 Å². The van der Waals surface area contributed by atoms with Crippen molar-refractivity contribution in [3.05, 3.63) is 53.3 Å². The molecule has 0 atom stereocenters. The molecule has 2 N–H and O–H groups in total. The Bertz CT molecular complexity index is 707. The number of aromatic amines is 1. The molecule has 0 aliphatic carbocycles. The molecule has 2 aromatic rings. The molecular formula is C21H33IN6. The molecular weight excluding hydrogens is 463 g/mol. The third kappa shape index (κ3) is 6.77. The second kappa shape index (κ2) is 12.1. The van der Waals surface area contributed by atoms with Crippen LogP contribution < -0.4 is 5.32 Å². The molecule has 0 radical (unpaired) electrons. The summed E-state index contributed by atoms with van der Waals surface area (Å²) in [5.74, 6) is 1.06. The molecule has 2 heterocycles. The van der Waals surface area contributed by atoms with Crippen molar-refractivity contribution < 1.29 is 0 Å². The van der Waals surface area contributed by atoms with E-state index in [1.165, 1.54) is 16.8 Å². The fraction of sp³-hybridized carbons (Fsp3) is 0.524. The van der Waals surface area contributed by atoms with Gasteiger partial charge in [-0.05, 0) is 37.8 Å². The first-order valence-corrected chi connectivity index (χ1v) is 10.0. The lowest BCUT2D eigenvalue weighted by atomic mass is 10.1. The van der Waals surface area contributed by atoms with Gasteiger partial charge >= 0.3 is 0 Å². The monoisotopic (exact) mass is 496 g/mol. The Balaban J connectivity index is 0.00000280. The number of guanidine groups is 1. The van der Waals surface area contributed by atoms with E-state index in [2.05, 4.69) is 69.5 Å². The van der Waals surface area contributed by atoms with E-state index in [-0.39, 0.29) is 24.0 Å². The molecule has 0 spiro atoms. The van der Waals surface area contributed by atoms with Gasteiger partial charge in [0, 0.05) is 51.5 Å². The molecule has 1 saturated heterocycles. The van der Waals surface area contributed by atoms with Crippen LogP contribution in [0.2, 0.25) is 0 Å². The normalized spacial score (nSPS) is 15.4. The van der Waals surface area contributed by atoms with Crippen LogP contribution in [0.15, 0.2) is 41.5 Å². The van der Waals surface area contributed by atoms with Gasteiger partial charge in [0.2, 0.25) is 0 Å². The van der Waals surface area contributed by atoms with Gasteiger partial charge in [0.05, 0.1) is 6.20 Å². The SMILES string of the molecule is CCNC(=NCCCc1cn[nH]c1C)N1CCN(Cc2ccccc2)CC1.I. The molecule has 1 aromatic carbocycles. The minimum absolute atomic E-state index is 0. The van der Waals surface area contributed by atoms with Crippen molar-refractivity contribution in [2.75, 3.05) is 39.3 Å². The molecule has 0 amide bonds. The van der Waals surface area contributed by atoms with Crippen LogP contribution in [-0.4, -0.2) is 65.2 Å². The maximum atomic E-state index is 4.86. The number of aryl methyl sites for hydroxylation is 2. The highest BCUT2D eigenvalue weighted by atomic mass is 127. The Hall–Kier alpha value is -1.61. The second-order valence-corrected chi connectivity index (χ2v) is 7.11. The van der Waals surface area contributed by atoms with Crippen LogP contribution >= 0.6 is 24.0 Å². The summed E-state index contributed by atoms with van der Waals surface area (Å²) in [7, 11) is 0. The standard InChI is InChI=1S/C21H32N6.HI/c1-3-22-21(23-11-7-10-20-16-24-25-18(20)2)27-14-12-26(13-15-27)17-19-8-5-4-6-9-19;/h4-6,8-9,16H,3,7,10-15,17H2,1-2H3,(H,22,23)(H,24,25);1H. The maximum absolute atomic E-state index is 4.86. The number of hydrogen-bond acceptors (Lipinski definition) is 3. The third-order valence-electron chi connectivity index (χ3n) is 5.06. The number of nitrogens with one attached hydrogen (secondary N) is 2. The number of aromatic nitrogens is 2. The number of halogens is 1. The van der Waals surface area contributed by atoms with Crippen molar-refractivity contribution in [3.8, 4) is 0 Å². The van der Waals surface area contributed by atoms with E-state index in [9.17, 15) is 0 Å². The van der Waals surface area contributed by atoms with Crippen LogP contribution in [0.4, 0.5) is 0 Å². The highest BCUT2D eigenvalue weighted by Gasteiger charge is 2.19. The number of H-pyrrole nitrogens is 1. The van der Waals surface area contributed by atoms with E-state index in [1.807, 2.05) is 6.20 Å². The summed E-state index contributed by atoms with van der Waals surface area (Å²) in [6.45, 7) is 11.2. The largest absolute Gasteiger partial charge is 0.357 e. The van der Waals surface area contributed by atoms with Gasteiger partial charge in [-0.15, -0.1) is 24.0 Å². The first-order chi connectivity index (χ1) is 13.3. The first kappa shape index (κ1) is 22.7. The zero-order valence-electron chi connectivity index (χ0n) is 17.0. The Labute approximate surface area is 185 Å². The lowest BCUT2D eigenvalue weighted by molar-refractivity contribution is 0.172. The van der Waals surface area contributed by atoms with E-state index in [0.29, 0.717) is 0 Å². The smallest absolute Gasteiger partial charge is 0.194 e. The molecule has 0 unspecified atom stereocenters. The Morgan fingerprint density at radius 3 is 2.57 bits per heavy atom. The minimum Gasteiger partial charge on any atom is -0.357 e. The van der Waals surface area contributed by atoms with E-state index < -0.39 is 0 Å². The fourth-order valence-corrected chi connectivity index (χ4v) is 3.47. The summed E-state index contributed by atoms with van der Waals surface area (Å²) in [6.07, 6.45) is 4.00. The summed E-state index contributed by atoms with van der Waals surface area (Å²) in [6, 6.07) is 10.7. The molecule has 1 fully saturated rings. The van der Waals surface area contributed by atoms with E-state index in [4.69, 9.17) is 4.99 Å². The molecule has 0 bridgehead atoms. The predicted molar refractivity (Wildman–Crippen MR) is 126 cm³/mol. The van der Waals surface area contributed by atoms with Gasteiger partial charge in [0.25, 0.3) is 0 Å². The van der Waals surface area contributed by atoms with E-state index >= 15 is 0 Å². The van der Waals surface area contributed by atoms with Crippen LogP contribution in [-0.2, 0) is 13.0 Å². The van der Waals surface area contributed by atoms with Crippen LogP contribution in [0.25, 0.3) is 0 Å². The van der Waals surface area contributed by atoms with Gasteiger partial charge in [-0.3, -0.25) is 15.0 Å². The van der Waals surface area contributed by atoms with Gasteiger partial charge in [-0.25, -0.2) is 0 Å². The predicted octanol–water partition coefficient (Wildman–Crippen LogP) is 3.05. The summed E-state index contributed by atoms with van der Waals surface area (Å²) in [5.41, 5.74) is 3.85. The van der Waals surface area contributed by atoms with Crippen LogP contribution in [0.5, 0.6) is 0 Å². The Morgan fingerprint density at radius 1 is 1.18 bits per heavy atom. The number of rotatable bonds is 7. The molecule has 0 saturated carbocycles. The zero-order valence-corrected chi connectivity index (χ0v) is 19.4. The summed E-state index contributed by atoms with van der Waals surface area (Å²) in [5, 5.41) is 10.6. The fourth-order valence-electron chi connectivity index (χ4n) is 3.47. The van der Waals surface area contributed by atoms with Crippen molar-refractivity contribution >= 4 is 29.9 Å². The number of hydrogen-bond donors (Lipinski definition) is 2. The van der Waals surface area contributed by atoms with Crippen LogP contribution in [0.1, 0.15) is 30.2 Å². The van der Waals surface area contributed by atoms with E-state index in [0.717, 1.165) is 64.6 Å². The average Bonchev–Trinajstić information content (AvgIpc) is 3.11. The number of piperazine rings is 1. The van der Waals surface area contributed by atoms with Gasteiger partial charge < -0.3 is 10.2 Å². The molecule has 28 heavy (non-hydrogen) atoms. The minimum atomic E-state index is 0. The van der Waals surface area contributed by atoms with Gasteiger partial charge in [0.15, 0.2) is 5.96 Å². The number of aliphatic imine (C=N–C) groups is 1. The molecule has 6 nitrogen and oxygen atoms in total. The van der Waals surface area contributed by atoms with Crippen molar-refractivity contribution in [3.63, 3.8) is 0 Å².